The number of halogens is 1. The molecule has 3 aromatic carbocycles. The molecule has 4 N–H and O–H groups in total. The van der Waals surface area contributed by atoms with Crippen LogP contribution in [-0.4, -0.2) is 61.3 Å². The van der Waals surface area contributed by atoms with Crippen molar-refractivity contribution in [2.24, 2.45) is 0 Å². The molecule has 2 aromatic heterocycles. The van der Waals surface area contributed by atoms with Crippen molar-refractivity contribution in [2.45, 2.75) is 43.0 Å². The van der Waals surface area contributed by atoms with E-state index in [9.17, 15) is 15.0 Å². The highest BCUT2D eigenvalue weighted by Crippen LogP contribution is 2.42. The minimum atomic E-state index is -1.89. The summed E-state index contributed by atoms with van der Waals surface area (Å²) in [4.78, 5) is 25.0. The van der Waals surface area contributed by atoms with Crippen LogP contribution in [0.2, 0.25) is 0 Å². The van der Waals surface area contributed by atoms with Gasteiger partial charge in [-0.05, 0) is 35.2 Å². The number of nitrogens with one attached hydrogen (secondary N) is 2. The van der Waals surface area contributed by atoms with Gasteiger partial charge in [-0.25, -0.2) is 9.37 Å². The predicted octanol–water partition coefficient (Wildman–Crippen LogP) is 3.90. The second-order valence-corrected chi connectivity index (χ2v) is 10.5. The smallest absolute Gasteiger partial charge is 0.280 e. The first kappa shape index (κ1) is 28.5. The van der Waals surface area contributed by atoms with Crippen LogP contribution in [0, 0.1) is 0 Å². The number of imidazole rings is 1. The third-order valence-corrected chi connectivity index (χ3v) is 8.28. The molecular formula is C32H32FN5O5. The molecule has 0 saturated carbocycles. The lowest BCUT2D eigenvalue weighted by molar-refractivity contribution is -0.128. The number of H-pyrrole nitrogens is 1. The van der Waals surface area contributed by atoms with Crippen molar-refractivity contribution in [3.63, 3.8) is 0 Å². The summed E-state index contributed by atoms with van der Waals surface area (Å²) in [6.45, 7) is 1.12. The van der Waals surface area contributed by atoms with Gasteiger partial charge in [0.25, 0.3) is 5.56 Å². The summed E-state index contributed by atoms with van der Waals surface area (Å²) in [7, 11) is 1.60. The predicted molar refractivity (Wildman–Crippen MR) is 159 cm³/mol. The van der Waals surface area contributed by atoms with Crippen LogP contribution in [0.1, 0.15) is 36.3 Å². The van der Waals surface area contributed by atoms with Crippen LogP contribution < -0.4 is 15.6 Å². The number of aliphatic hydroxyl groups excluding tert-OH is 2. The summed E-state index contributed by atoms with van der Waals surface area (Å²) < 4.78 is 28.1. The highest BCUT2D eigenvalue weighted by molar-refractivity contribution is 5.71. The molecule has 1 fully saturated rings. The molecule has 43 heavy (non-hydrogen) atoms. The van der Waals surface area contributed by atoms with Gasteiger partial charge in [0, 0.05) is 0 Å². The topological polar surface area (TPSA) is 135 Å². The van der Waals surface area contributed by atoms with E-state index >= 15 is 4.39 Å². The molecule has 1 saturated heterocycles. The van der Waals surface area contributed by atoms with Gasteiger partial charge in [-0.15, -0.1) is 0 Å². The zero-order valence-corrected chi connectivity index (χ0v) is 23.6. The van der Waals surface area contributed by atoms with Gasteiger partial charge < -0.3 is 25.0 Å². The van der Waals surface area contributed by atoms with Crippen LogP contribution in [0.3, 0.4) is 0 Å². The Labute approximate surface area is 246 Å². The highest BCUT2D eigenvalue weighted by atomic mass is 19.1. The molecule has 6 rings (SSSR count). The number of ether oxygens (including phenoxy) is 2. The fourth-order valence-electron chi connectivity index (χ4n) is 5.85. The monoisotopic (exact) mass is 585 g/mol. The Balaban J connectivity index is 1.53. The van der Waals surface area contributed by atoms with Crippen molar-refractivity contribution in [2.75, 3.05) is 19.0 Å². The zero-order chi connectivity index (χ0) is 30.2. The largest absolute Gasteiger partial charge is 0.497 e. The van der Waals surface area contributed by atoms with E-state index in [1.54, 1.807) is 14.0 Å². The molecule has 11 heteroatoms. The van der Waals surface area contributed by atoms with Crippen LogP contribution in [0.15, 0.2) is 96.1 Å². The van der Waals surface area contributed by atoms with E-state index in [1.807, 2.05) is 84.9 Å². The van der Waals surface area contributed by atoms with E-state index in [2.05, 4.69) is 15.3 Å². The quantitative estimate of drug-likeness (QED) is 0.192. The molecule has 10 nitrogen and oxygen atoms in total. The summed E-state index contributed by atoms with van der Waals surface area (Å²) in [5, 5.41) is 24.1. The van der Waals surface area contributed by atoms with Crippen LogP contribution in [0.4, 0.5) is 10.3 Å². The SMILES string of the molecule is CC[C@]1(CO)O[C@@H](n2cnc3c(=O)[nH]c(NC(c4ccccc4)(c4ccccc4)c4ccc(OC)cc4)nc32)[C@H](F)[C@@H]1O. The Bertz CT molecular complexity index is 1720. The van der Waals surface area contributed by atoms with Crippen molar-refractivity contribution in [1.82, 2.24) is 19.5 Å². The Morgan fingerprint density at radius 3 is 2.19 bits per heavy atom. The second kappa shape index (κ2) is 11.3. The second-order valence-electron chi connectivity index (χ2n) is 10.5. The molecule has 0 bridgehead atoms. The number of hydrogen-bond donors (Lipinski definition) is 4. The van der Waals surface area contributed by atoms with Crippen LogP contribution in [0.5, 0.6) is 5.75 Å². The fraction of sp³-hybridized carbons (Fsp3) is 0.281. The number of aromatic amines is 1. The van der Waals surface area contributed by atoms with Crippen LogP contribution in [0.25, 0.3) is 11.2 Å². The number of rotatable bonds is 9. The molecule has 1 aliphatic heterocycles. The van der Waals surface area contributed by atoms with E-state index in [0.717, 1.165) is 16.7 Å². The summed E-state index contributed by atoms with van der Waals surface area (Å²) in [5.74, 6) is 0.779. The van der Waals surface area contributed by atoms with E-state index in [-0.39, 0.29) is 23.5 Å². The summed E-state index contributed by atoms with van der Waals surface area (Å²) in [6, 6.07) is 27.1. The van der Waals surface area contributed by atoms with Crippen LogP contribution in [-0.2, 0) is 10.3 Å². The molecule has 1 aliphatic rings. The minimum absolute atomic E-state index is 0.0247. The van der Waals surface area contributed by atoms with Crippen molar-refractivity contribution < 1.29 is 24.1 Å². The van der Waals surface area contributed by atoms with Gasteiger partial charge in [-0.1, -0.05) is 79.7 Å². The molecule has 5 aromatic rings. The summed E-state index contributed by atoms with van der Waals surface area (Å²) in [5.41, 5.74) is -0.483. The van der Waals surface area contributed by atoms with Crippen molar-refractivity contribution in [3.8, 4) is 5.75 Å². The van der Waals surface area contributed by atoms with E-state index < -0.39 is 41.8 Å². The van der Waals surface area contributed by atoms with Crippen LogP contribution >= 0.6 is 0 Å². The van der Waals surface area contributed by atoms with E-state index in [4.69, 9.17) is 14.5 Å². The average molecular weight is 586 g/mol. The van der Waals surface area contributed by atoms with Gasteiger partial charge in [0.15, 0.2) is 23.6 Å². The third kappa shape index (κ3) is 4.66. The molecule has 0 aliphatic carbocycles. The Hall–Kier alpha value is -4.58. The number of anilines is 1. The van der Waals surface area contributed by atoms with Crippen molar-refractivity contribution in [1.29, 1.82) is 0 Å². The van der Waals surface area contributed by atoms with Crippen molar-refractivity contribution >= 4 is 17.1 Å². The summed E-state index contributed by atoms with van der Waals surface area (Å²) in [6.07, 6.45) is -3.40. The number of alkyl halides is 1. The first-order valence-corrected chi connectivity index (χ1v) is 14.0. The number of fused-ring (bicyclic) bond motifs is 1. The summed E-state index contributed by atoms with van der Waals surface area (Å²) >= 11 is 0. The standard InChI is InChI=1S/C32H32FN5O5/c1-3-31(18-39)26(40)24(33)29(43-31)38-19-34-25-27(38)35-30(36-28(25)41)37-32(20-10-6-4-7-11-20,21-12-8-5-9-13-21)22-14-16-23(42-2)17-15-22/h4-17,19,24,26,29,39-40H,3,18H2,1-2H3,(H2,35,36,37,41)/t24-,26+,29-,31-/m1/s1. The highest BCUT2D eigenvalue weighted by Gasteiger charge is 2.55. The van der Waals surface area contributed by atoms with Crippen molar-refractivity contribution in [3.05, 3.63) is 118 Å². The normalized spacial score (nSPS) is 22.1. The lowest BCUT2D eigenvalue weighted by Crippen LogP contribution is -2.44. The number of aliphatic hydroxyl groups is 2. The Morgan fingerprint density at radius 1 is 1.05 bits per heavy atom. The molecule has 3 heterocycles. The number of benzene rings is 3. The van der Waals surface area contributed by atoms with Gasteiger partial charge in [-0.3, -0.25) is 14.3 Å². The molecule has 0 spiro atoms. The van der Waals surface area contributed by atoms with Gasteiger partial charge in [0.05, 0.1) is 20.0 Å². The van der Waals surface area contributed by atoms with E-state index in [1.165, 1.54) is 10.9 Å². The fourth-order valence-corrected chi connectivity index (χ4v) is 5.85. The number of aromatic nitrogens is 4. The minimum Gasteiger partial charge on any atom is -0.497 e. The van der Waals surface area contributed by atoms with E-state index in [0.29, 0.717) is 5.75 Å². The maximum absolute atomic E-state index is 15.5. The molecule has 0 unspecified atom stereocenters. The Kier molecular flexibility index (Phi) is 7.47. The first-order chi connectivity index (χ1) is 20.9. The molecule has 0 amide bonds. The molecule has 4 atom stereocenters. The zero-order valence-electron chi connectivity index (χ0n) is 23.6. The maximum atomic E-state index is 15.5. The third-order valence-electron chi connectivity index (χ3n) is 8.28. The number of nitrogens with zero attached hydrogens (tertiary/aromatic N) is 3. The van der Waals surface area contributed by atoms with Gasteiger partial charge >= 0.3 is 0 Å². The molecule has 222 valence electrons. The molecular weight excluding hydrogens is 553 g/mol. The first-order valence-electron chi connectivity index (χ1n) is 14.0. The van der Waals surface area contributed by atoms with Gasteiger partial charge in [0.1, 0.15) is 23.0 Å². The van der Waals surface area contributed by atoms with Gasteiger partial charge in [0.2, 0.25) is 5.95 Å². The van der Waals surface area contributed by atoms with Gasteiger partial charge in [-0.2, -0.15) is 4.98 Å². The Morgan fingerprint density at radius 2 is 1.65 bits per heavy atom. The molecule has 0 radical (unpaired) electrons. The average Bonchev–Trinajstić information content (AvgIpc) is 3.59. The number of hydrogen-bond acceptors (Lipinski definition) is 8. The lowest BCUT2D eigenvalue weighted by Gasteiger charge is -2.37. The maximum Gasteiger partial charge on any atom is 0.280 e. The number of methoxy groups -OCH3 is 1. The lowest BCUT2D eigenvalue weighted by atomic mass is 9.77.